The van der Waals surface area contributed by atoms with E-state index in [-0.39, 0.29) is 12.7 Å². The molecule has 2 rings (SSSR count). The number of nitrogens with one attached hydrogen (secondary N) is 1. The zero-order chi connectivity index (χ0) is 16.4. The summed E-state index contributed by atoms with van der Waals surface area (Å²) in [4.78, 5) is 40.3. The van der Waals surface area contributed by atoms with Crippen molar-refractivity contribution in [3.05, 3.63) is 21.3 Å². The van der Waals surface area contributed by atoms with Gasteiger partial charge in [0.05, 0.1) is 15.8 Å². The molecule has 2 heterocycles. The Balaban J connectivity index is 2.09. The van der Waals surface area contributed by atoms with Crippen molar-refractivity contribution in [1.82, 2.24) is 9.80 Å². The second-order valence-corrected chi connectivity index (χ2v) is 7.23. The Bertz CT molecular complexity index is 602. The SMILES string of the molecule is CC[NH+](Cc1ccc(Cl)s1)CN1C(=O)C(=O)N(C(C)C)C1=O. The number of thiophene rings is 1. The largest absolute Gasteiger partial charge is 0.338 e. The van der Waals surface area contributed by atoms with Crippen LogP contribution in [0.1, 0.15) is 25.6 Å². The van der Waals surface area contributed by atoms with E-state index in [2.05, 4.69) is 0 Å². The van der Waals surface area contributed by atoms with E-state index in [1.807, 2.05) is 19.1 Å². The number of imide groups is 2. The minimum Gasteiger partial charge on any atom is -0.313 e. The van der Waals surface area contributed by atoms with Gasteiger partial charge in [0, 0.05) is 6.04 Å². The first-order valence-electron chi connectivity index (χ1n) is 7.12. The smallest absolute Gasteiger partial charge is 0.313 e. The molecule has 1 N–H and O–H groups in total. The summed E-state index contributed by atoms with van der Waals surface area (Å²) >= 11 is 7.39. The highest BCUT2D eigenvalue weighted by Gasteiger charge is 2.47. The fourth-order valence-corrected chi connectivity index (χ4v) is 3.49. The molecule has 1 saturated heterocycles. The van der Waals surface area contributed by atoms with Crippen molar-refractivity contribution in [2.75, 3.05) is 13.2 Å². The van der Waals surface area contributed by atoms with Crippen LogP contribution in [0.5, 0.6) is 0 Å². The van der Waals surface area contributed by atoms with E-state index in [1.54, 1.807) is 13.8 Å². The van der Waals surface area contributed by atoms with E-state index in [9.17, 15) is 14.4 Å². The van der Waals surface area contributed by atoms with Crippen LogP contribution in [-0.4, -0.2) is 46.9 Å². The van der Waals surface area contributed by atoms with E-state index in [0.29, 0.717) is 10.9 Å². The number of urea groups is 1. The molecular weight excluding hydrogens is 326 g/mol. The number of quaternary nitrogens is 1. The Kier molecular flexibility index (Phi) is 5.20. The van der Waals surface area contributed by atoms with Crippen LogP contribution in [0.3, 0.4) is 0 Å². The zero-order valence-corrected chi connectivity index (χ0v) is 14.3. The lowest BCUT2D eigenvalue weighted by Crippen LogP contribution is -3.12. The van der Waals surface area contributed by atoms with E-state index >= 15 is 0 Å². The van der Waals surface area contributed by atoms with Crippen molar-refractivity contribution in [3.63, 3.8) is 0 Å². The van der Waals surface area contributed by atoms with E-state index in [0.717, 1.165) is 26.1 Å². The van der Waals surface area contributed by atoms with Gasteiger partial charge in [-0.1, -0.05) is 11.6 Å². The molecule has 22 heavy (non-hydrogen) atoms. The average Bonchev–Trinajstić information content (AvgIpc) is 2.95. The fraction of sp³-hybridized carbons (Fsp3) is 0.500. The molecule has 0 spiro atoms. The van der Waals surface area contributed by atoms with Crippen LogP contribution in [-0.2, 0) is 16.1 Å². The second-order valence-electron chi connectivity index (χ2n) is 5.43. The van der Waals surface area contributed by atoms with Gasteiger partial charge in [-0.25, -0.2) is 9.69 Å². The predicted octanol–water partition coefficient (Wildman–Crippen LogP) is 0.963. The van der Waals surface area contributed by atoms with E-state index < -0.39 is 17.8 Å². The third kappa shape index (κ3) is 3.31. The molecule has 1 aromatic heterocycles. The maximum atomic E-state index is 12.3. The summed E-state index contributed by atoms with van der Waals surface area (Å²) in [5.74, 6) is -1.48. The lowest BCUT2D eigenvalue weighted by atomic mass is 10.3. The molecule has 120 valence electrons. The van der Waals surface area contributed by atoms with Gasteiger partial charge < -0.3 is 4.90 Å². The molecule has 1 fully saturated rings. The molecule has 4 amide bonds. The molecule has 0 aromatic carbocycles. The lowest BCUT2D eigenvalue weighted by Gasteiger charge is -2.22. The number of amides is 4. The average molecular weight is 345 g/mol. The van der Waals surface area contributed by atoms with Crippen molar-refractivity contribution in [3.8, 4) is 0 Å². The summed E-state index contributed by atoms with van der Waals surface area (Å²) in [6, 6.07) is 2.91. The van der Waals surface area contributed by atoms with Crippen molar-refractivity contribution in [2.24, 2.45) is 0 Å². The molecule has 0 bridgehead atoms. The van der Waals surface area contributed by atoms with Gasteiger partial charge in [0.1, 0.15) is 6.54 Å². The van der Waals surface area contributed by atoms with Gasteiger partial charge in [-0.3, -0.25) is 14.5 Å². The minimum atomic E-state index is -0.742. The van der Waals surface area contributed by atoms with Gasteiger partial charge in [-0.2, -0.15) is 0 Å². The fourth-order valence-electron chi connectivity index (χ4n) is 2.33. The van der Waals surface area contributed by atoms with Gasteiger partial charge in [-0.15, -0.1) is 11.3 Å². The van der Waals surface area contributed by atoms with Gasteiger partial charge >= 0.3 is 17.8 Å². The Labute approximate surface area is 138 Å². The quantitative estimate of drug-likeness (QED) is 0.617. The molecule has 0 aliphatic carbocycles. The van der Waals surface area contributed by atoms with Crippen LogP contribution in [0.25, 0.3) is 0 Å². The molecule has 0 saturated carbocycles. The maximum Gasteiger partial charge on any atom is 0.338 e. The van der Waals surface area contributed by atoms with Gasteiger partial charge in [-0.05, 0) is 32.9 Å². The van der Waals surface area contributed by atoms with Crippen LogP contribution < -0.4 is 4.90 Å². The monoisotopic (exact) mass is 344 g/mol. The number of hydrogen-bond acceptors (Lipinski definition) is 4. The van der Waals surface area contributed by atoms with Crippen LogP contribution in [0.4, 0.5) is 4.79 Å². The topological polar surface area (TPSA) is 62.1 Å². The first-order valence-corrected chi connectivity index (χ1v) is 8.31. The molecule has 1 aliphatic heterocycles. The molecule has 0 radical (unpaired) electrons. The van der Waals surface area contributed by atoms with Crippen molar-refractivity contribution < 1.29 is 19.3 Å². The summed E-state index contributed by atoms with van der Waals surface area (Å²) in [6.07, 6.45) is 0. The van der Waals surface area contributed by atoms with Crippen molar-refractivity contribution in [2.45, 2.75) is 33.4 Å². The second kappa shape index (κ2) is 6.76. The highest BCUT2D eigenvalue weighted by Crippen LogP contribution is 2.20. The Morgan fingerprint density at radius 3 is 2.36 bits per heavy atom. The highest BCUT2D eigenvalue weighted by atomic mass is 35.5. The van der Waals surface area contributed by atoms with Crippen LogP contribution in [0.15, 0.2) is 12.1 Å². The van der Waals surface area contributed by atoms with Crippen LogP contribution in [0, 0.1) is 0 Å². The first-order chi connectivity index (χ1) is 10.3. The van der Waals surface area contributed by atoms with E-state index in [4.69, 9.17) is 11.6 Å². The summed E-state index contributed by atoms with van der Waals surface area (Å²) in [6.45, 7) is 6.95. The minimum absolute atomic E-state index is 0.179. The number of halogens is 1. The third-order valence-electron chi connectivity index (χ3n) is 3.54. The van der Waals surface area contributed by atoms with Crippen LogP contribution in [0.2, 0.25) is 4.34 Å². The maximum absolute atomic E-state index is 12.3. The summed E-state index contributed by atoms with van der Waals surface area (Å²) in [7, 11) is 0. The summed E-state index contributed by atoms with van der Waals surface area (Å²) in [5, 5.41) is 0. The standard InChI is InChI=1S/C14H18ClN3O3S/c1-4-16(7-10-5-6-11(15)22-10)8-17-12(19)13(20)18(9(2)3)14(17)21/h5-6,9H,4,7-8H2,1-3H3/p+1. The van der Waals surface area contributed by atoms with Crippen LogP contribution >= 0.6 is 22.9 Å². The summed E-state index contributed by atoms with van der Waals surface area (Å²) in [5.41, 5.74) is 0. The number of rotatable bonds is 6. The number of carbonyl (C=O) groups is 3. The van der Waals surface area contributed by atoms with Crippen molar-refractivity contribution >= 4 is 40.8 Å². The molecule has 1 unspecified atom stereocenters. The number of nitrogens with zero attached hydrogens (tertiary/aromatic N) is 2. The Hall–Kier alpha value is -1.44. The molecule has 1 aliphatic rings. The molecular formula is C14H19ClN3O3S+. The highest BCUT2D eigenvalue weighted by molar-refractivity contribution is 7.16. The van der Waals surface area contributed by atoms with E-state index in [1.165, 1.54) is 11.3 Å². The van der Waals surface area contributed by atoms with Gasteiger partial charge in [0.2, 0.25) is 0 Å². The third-order valence-corrected chi connectivity index (χ3v) is 4.77. The lowest BCUT2D eigenvalue weighted by molar-refractivity contribution is -0.918. The van der Waals surface area contributed by atoms with Gasteiger partial charge in [0.25, 0.3) is 0 Å². The number of hydrogen-bond donors (Lipinski definition) is 1. The number of carbonyl (C=O) groups excluding carboxylic acids is 3. The molecule has 1 atom stereocenters. The summed E-state index contributed by atoms with van der Waals surface area (Å²) < 4.78 is 0.708. The zero-order valence-electron chi connectivity index (χ0n) is 12.8. The first kappa shape index (κ1) is 16.9. The van der Waals surface area contributed by atoms with Gasteiger partial charge in [0.15, 0.2) is 6.67 Å². The predicted molar refractivity (Wildman–Crippen MR) is 83.6 cm³/mol. The molecule has 1 aromatic rings. The van der Waals surface area contributed by atoms with Crippen molar-refractivity contribution in [1.29, 1.82) is 0 Å². The molecule has 6 nitrogen and oxygen atoms in total. The normalized spacial score (nSPS) is 17.0. The Morgan fingerprint density at radius 1 is 1.23 bits per heavy atom. The molecule has 8 heteroatoms. The Morgan fingerprint density at radius 2 is 1.91 bits per heavy atom.